The van der Waals surface area contributed by atoms with E-state index in [-0.39, 0.29) is 22.7 Å². The fourth-order valence-electron chi connectivity index (χ4n) is 2.94. The molecular formula is C26H34ClF3N6O2S. The predicted molar refractivity (Wildman–Crippen MR) is 147 cm³/mol. The fourth-order valence-corrected chi connectivity index (χ4v) is 3.88. The van der Waals surface area contributed by atoms with E-state index in [2.05, 4.69) is 33.4 Å². The Kier molecular flexibility index (Phi) is 13.4. The Morgan fingerprint density at radius 3 is 2.36 bits per heavy atom. The highest BCUT2D eigenvalue weighted by molar-refractivity contribution is 7.98. The zero-order chi connectivity index (χ0) is 28.9. The van der Waals surface area contributed by atoms with Crippen molar-refractivity contribution in [2.75, 3.05) is 0 Å². The number of nitrogens with one attached hydrogen (secondary N) is 1. The molecule has 0 unspecified atom stereocenters. The highest BCUT2D eigenvalue weighted by Gasteiger charge is 2.24. The zero-order valence-electron chi connectivity index (χ0n) is 22.4. The van der Waals surface area contributed by atoms with Crippen molar-refractivity contribution >= 4 is 29.5 Å². The Bertz CT molecular complexity index is 1200. The van der Waals surface area contributed by atoms with E-state index < -0.39 is 6.68 Å². The molecule has 2 aliphatic rings. The second kappa shape index (κ2) is 16.2. The summed E-state index contributed by atoms with van der Waals surface area (Å²) in [6.07, 6.45) is 12.2. The van der Waals surface area contributed by atoms with Gasteiger partial charge in [0.15, 0.2) is 5.82 Å². The fraction of sp³-hybridized carbons (Fsp3) is 0.462. The molecule has 1 N–H and O–H groups in total. The van der Waals surface area contributed by atoms with Crippen LogP contribution in [0, 0.1) is 12.8 Å². The van der Waals surface area contributed by atoms with Gasteiger partial charge in [0, 0.05) is 25.5 Å². The first-order valence-corrected chi connectivity index (χ1v) is 13.6. The van der Waals surface area contributed by atoms with Gasteiger partial charge >= 0.3 is 6.68 Å². The van der Waals surface area contributed by atoms with E-state index in [0.717, 1.165) is 29.3 Å². The van der Waals surface area contributed by atoms with Crippen LogP contribution in [0.5, 0.6) is 5.88 Å². The van der Waals surface area contributed by atoms with E-state index in [1.54, 1.807) is 39.8 Å². The number of alkyl halides is 3. The number of pyridine rings is 1. The number of amides is 1. The number of aryl methyl sites for hydroxylation is 2. The van der Waals surface area contributed by atoms with Crippen LogP contribution >= 0.6 is 23.5 Å². The van der Waals surface area contributed by atoms with Gasteiger partial charge in [-0.1, -0.05) is 43.9 Å². The highest BCUT2D eigenvalue weighted by atomic mass is 35.5. The van der Waals surface area contributed by atoms with E-state index in [4.69, 9.17) is 16.3 Å². The molecule has 8 nitrogen and oxygen atoms in total. The van der Waals surface area contributed by atoms with Crippen molar-refractivity contribution in [1.29, 1.82) is 0 Å². The van der Waals surface area contributed by atoms with Crippen molar-refractivity contribution in [3.8, 4) is 11.7 Å². The van der Waals surface area contributed by atoms with E-state index in [0.29, 0.717) is 11.7 Å². The molecule has 13 heteroatoms. The van der Waals surface area contributed by atoms with Crippen LogP contribution in [-0.2, 0) is 7.05 Å². The van der Waals surface area contributed by atoms with Crippen LogP contribution in [0.2, 0.25) is 5.15 Å². The Balaban J connectivity index is 0.000000372. The summed E-state index contributed by atoms with van der Waals surface area (Å²) in [6, 6.07) is 5.09. The lowest BCUT2D eigenvalue weighted by atomic mass is 10.3. The van der Waals surface area contributed by atoms with Crippen LogP contribution in [0.1, 0.15) is 62.0 Å². The summed E-state index contributed by atoms with van der Waals surface area (Å²) in [5, 5.41) is 8.66. The number of hydrogen-bond acceptors (Lipinski definition) is 6. The average Bonchev–Trinajstić information content (AvgIpc) is 3.79. The van der Waals surface area contributed by atoms with Gasteiger partial charge in [0.25, 0.3) is 5.91 Å². The third kappa shape index (κ3) is 12.2. The lowest BCUT2D eigenvalue weighted by molar-refractivity contribution is 0.00818. The molecule has 0 saturated heterocycles. The highest BCUT2D eigenvalue weighted by Crippen LogP contribution is 2.31. The van der Waals surface area contributed by atoms with Gasteiger partial charge in [-0.15, -0.1) is 11.7 Å². The lowest BCUT2D eigenvalue weighted by Crippen LogP contribution is -2.17. The maximum absolute atomic E-state index is 12.4. The van der Waals surface area contributed by atoms with Crippen molar-refractivity contribution in [3.05, 3.63) is 59.7 Å². The van der Waals surface area contributed by atoms with Crippen LogP contribution < -0.4 is 9.46 Å². The average molecular weight is 587 g/mol. The van der Waals surface area contributed by atoms with Crippen LogP contribution in [0.25, 0.3) is 5.82 Å². The van der Waals surface area contributed by atoms with E-state index in [1.165, 1.54) is 31.2 Å². The zero-order valence-corrected chi connectivity index (χ0v) is 24.0. The summed E-state index contributed by atoms with van der Waals surface area (Å²) in [4.78, 5) is 17.6. The molecular weight excluding hydrogens is 553 g/mol. The third-order valence-corrected chi connectivity index (χ3v) is 6.38. The standard InChI is InChI=1S/C17H17ClN6O2S.C5H10.C3H6.CHF3/c1-10-13(9-23(2)20-10)27-22-17(25)12-5-6-14(19-16(12)18)24-8-7-15(21-24)26-11-3-4-11;1-2-5-3-4-5;1-3-2;2-1(3)4/h5-9,11H,3-4H2,1-2H3,(H,22,25);5H,2-4H2,1H3;3H,1H2,2H3;1H. The van der Waals surface area contributed by atoms with Crippen LogP contribution in [0.4, 0.5) is 13.2 Å². The number of carbonyl (C=O) groups is 1. The van der Waals surface area contributed by atoms with Gasteiger partial charge in [-0.05, 0) is 56.7 Å². The summed E-state index contributed by atoms with van der Waals surface area (Å²) < 4.78 is 40.7. The Hall–Kier alpha value is -2.99. The Morgan fingerprint density at radius 1 is 1.26 bits per heavy atom. The molecule has 2 fully saturated rings. The second-order valence-electron chi connectivity index (χ2n) is 8.72. The SMILES string of the molecule is C=CC.CCC1CC1.Cc1nn(C)cc1SNC(=O)c1ccc(-n2ccc(OC3CC3)n2)nc1Cl.FC(F)F. The second-order valence-corrected chi connectivity index (χ2v) is 9.92. The number of allylic oxidation sites excluding steroid dienone is 1. The molecule has 3 aromatic rings. The van der Waals surface area contributed by atoms with Crippen LogP contribution in [0.15, 0.2) is 48.1 Å². The molecule has 5 rings (SSSR count). The number of hydrogen-bond donors (Lipinski definition) is 1. The smallest absolute Gasteiger partial charge is 0.379 e. The summed E-state index contributed by atoms with van der Waals surface area (Å²) in [5.41, 5.74) is 1.13. The lowest BCUT2D eigenvalue weighted by Gasteiger charge is -2.07. The molecule has 0 aromatic carbocycles. The number of rotatable bonds is 7. The van der Waals surface area contributed by atoms with Gasteiger partial charge in [-0.2, -0.15) is 18.3 Å². The Morgan fingerprint density at radius 2 is 1.90 bits per heavy atom. The van der Waals surface area contributed by atoms with Crippen LogP contribution in [0.3, 0.4) is 0 Å². The first-order valence-electron chi connectivity index (χ1n) is 12.4. The minimum Gasteiger partial charge on any atom is -0.473 e. The molecule has 2 aliphatic carbocycles. The topological polar surface area (TPSA) is 86.9 Å². The van der Waals surface area contributed by atoms with Crippen molar-refractivity contribution in [1.82, 2.24) is 29.3 Å². The molecule has 2 saturated carbocycles. The van der Waals surface area contributed by atoms with E-state index in [9.17, 15) is 18.0 Å². The molecule has 0 spiro atoms. The number of aromatic nitrogens is 5. The van der Waals surface area contributed by atoms with E-state index in [1.807, 2.05) is 27.1 Å². The van der Waals surface area contributed by atoms with Gasteiger partial charge in [-0.25, -0.2) is 9.67 Å². The third-order valence-electron chi connectivity index (χ3n) is 5.19. The van der Waals surface area contributed by atoms with Gasteiger partial charge < -0.3 is 4.74 Å². The van der Waals surface area contributed by atoms with Gasteiger partial charge in [0.1, 0.15) is 11.3 Å². The summed E-state index contributed by atoms with van der Waals surface area (Å²) >= 11 is 7.41. The molecule has 0 radical (unpaired) electrons. The molecule has 3 aromatic heterocycles. The first-order chi connectivity index (χ1) is 18.6. The number of carbonyl (C=O) groups excluding carboxylic acids is 1. The normalized spacial score (nSPS) is 13.7. The predicted octanol–water partition coefficient (Wildman–Crippen LogP) is 7.12. The minimum absolute atomic E-state index is 0.105. The quantitative estimate of drug-likeness (QED) is 0.180. The number of halogens is 4. The molecule has 1 amide bonds. The maximum Gasteiger partial charge on any atom is 0.379 e. The summed E-state index contributed by atoms with van der Waals surface area (Å²) in [7, 11) is 1.83. The van der Waals surface area contributed by atoms with Crippen molar-refractivity contribution in [2.24, 2.45) is 13.0 Å². The summed E-state index contributed by atoms with van der Waals surface area (Å²) in [5.74, 6) is 1.87. The van der Waals surface area contributed by atoms with Crippen LogP contribution in [-0.4, -0.2) is 43.2 Å². The largest absolute Gasteiger partial charge is 0.473 e. The molecule has 39 heavy (non-hydrogen) atoms. The van der Waals surface area contributed by atoms with Crippen molar-refractivity contribution in [3.63, 3.8) is 0 Å². The molecule has 0 aliphatic heterocycles. The summed E-state index contributed by atoms with van der Waals surface area (Å²) in [6.45, 7) is 5.72. The van der Waals surface area contributed by atoms with E-state index >= 15 is 0 Å². The molecule has 214 valence electrons. The van der Waals surface area contributed by atoms with Gasteiger partial charge in [-0.3, -0.25) is 14.2 Å². The number of ether oxygens (including phenoxy) is 1. The molecule has 0 atom stereocenters. The number of nitrogens with zero attached hydrogens (tertiary/aromatic N) is 5. The van der Waals surface area contributed by atoms with Gasteiger partial charge in [0.05, 0.1) is 16.2 Å². The van der Waals surface area contributed by atoms with Crippen molar-refractivity contribution < 1.29 is 22.7 Å². The Labute approximate surface area is 236 Å². The van der Waals surface area contributed by atoms with Crippen molar-refractivity contribution in [2.45, 2.75) is 70.6 Å². The molecule has 3 heterocycles. The first kappa shape index (κ1) is 32.2. The van der Waals surface area contributed by atoms with Gasteiger partial charge in [0.2, 0.25) is 5.88 Å². The molecule has 0 bridgehead atoms. The maximum atomic E-state index is 12.4. The minimum atomic E-state index is -3.67. The monoisotopic (exact) mass is 586 g/mol.